The van der Waals surface area contributed by atoms with Crippen molar-refractivity contribution in [2.45, 2.75) is 13.3 Å². The minimum absolute atomic E-state index is 0.0679. The normalized spacial score (nSPS) is 10.1. The predicted octanol–water partition coefficient (Wildman–Crippen LogP) is 2.21. The first-order chi connectivity index (χ1) is 8.01. The summed E-state index contributed by atoms with van der Waals surface area (Å²) in [5.74, 6) is -2.53. The third kappa shape index (κ3) is 2.72. The molecule has 0 fully saturated rings. The van der Waals surface area contributed by atoms with E-state index in [9.17, 15) is 18.0 Å². The van der Waals surface area contributed by atoms with E-state index in [1.807, 2.05) is 0 Å². The van der Waals surface area contributed by atoms with Crippen LogP contribution in [0.5, 0.6) is 0 Å². The molecule has 0 aromatic carbocycles. The van der Waals surface area contributed by atoms with Crippen molar-refractivity contribution < 1.29 is 22.7 Å². The lowest BCUT2D eigenvalue weighted by atomic mass is 10.1. The highest BCUT2D eigenvalue weighted by atomic mass is 19.3. The number of hydrogen-bond donors (Lipinski definition) is 0. The summed E-state index contributed by atoms with van der Waals surface area (Å²) in [7, 11) is 0. The van der Waals surface area contributed by atoms with Gasteiger partial charge < -0.3 is 4.74 Å². The summed E-state index contributed by atoms with van der Waals surface area (Å²) >= 11 is 0. The molecule has 90 valence electrons. The molecule has 0 aliphatic rings. The number of alkyl halides is 2. The number of halogens is 3. The molecule has 0 bridgehead atoms. The number of hydrogen-bond acceptors (Lipinski definition) is 4. The van der Waals surface area contributed by atoms with E-state index in [2.05, 4.69) is 9.72 Å². The summed E-state index contributed by atoms with van der Waals surface area (Å²) in [4.78, 5) is 14.6. The molecule has 7 heteroatoms. The SMILES string of the molecule is CCOC(=O)c1nc(C#N)cc(F)c1C(F)F. The minimum Gasteiger partial charge on any atom is -0.461 e. The summed E-state index contributed by atoms with van der Waals surface area (Å²) in [5, 5.41) is 8.51. The topological polar surface area (TPSA) is 63.0 Å². The van der Waals surface area contributed by atoms with Crippen LogP contribution in [-0.2, 0) is 4.74 Å². The second-order valence-electron chi connectivity index (χ2n) is 2.88. The Balaban J connectivity index is 3.38. The van der Waals surface area contributed by atoms with Gasteiger partial charge in [0, 0.05) is 6.07 Å². The van der Waals surface area contributed by atoms with Gasteiger partial charge in [-0.25, -0.2) is 22.9 Å². The summed E-state index contributed by atoms with van der Waals surface area (Å²) in [6, 6.07) is 2.01. The fourth-order valence-corrected chi connectivity index (χ4v) is 1.14. The van der Waals surface area contributed by atoms with Gasteiger partial charge in [-0.15, -0.1) is 0 Å². The Morgan fingerprint density at radius 2 is 2.29 bits per heavy atom. The van der Waals surface area contributed by atoms with Gasteiger partial charge in [0.05, 0.1) is 12.2 Å². The van der Waals surface area contributed by atoms with Crippen molar-refractivity contribution in [2.75, 3.05) is 6.61 Å². The standard InChI is InChI=1S/C10H7F3N2O2/c1-2-17-10(16)8-7(9(12)13)6(11)3-5(4-14)15-8/h3,9H,2H2,1H3. The maximum Gasteiger partial charge on any atom is 0.357 e. The maximum absolute atomic E-state index is 13.3. The molecule has 1 rings (SSSR count). The molecule has 4 nitrogen and oxygen atoms in total. The number of carbonyl (C=O) groups excluding carboxylic acids is 1. The number of esters is 1. The molecule has 1 heterocycles. The van der Waals surface area contributed by atoms with Gasteiger partial charge in [0.25, 0.3) is 6.43 Å². The molecule has 0 radical (unpaired) electrons. The molecule has 0 spiro atoms. The molecule has 1 aromatic heterocycles. The van der Waals surface area contributed by atoms with Crippen LogP contribution in [0.4, 0.5) is 13.2 Å². The fraction of sp³-hybridized carbons (Fsp3) is 0.300. The van der Waals surface area contributed by atoms with Crippen LogP contribution in [0.15, 0.2) is 6.07 Å². The van der Waals surface area contributed by atoms with Crippen LogP contribution >= 0.6 is 0 Å². The molecule has 0 amide bonds. The van der Waals surface area contributed by atoms with E-state index in [0.717, 1.165) is 0 Å². The van der Waals surface area contributed by atoms with Crippen LogP contribution in [0.25, 0.3) is 0 Å². The summed E-state index contributed by atoms with van der Waals surface area (Å²) in [6.45, 7) is 1.39. The summed E-state index contributed by atoms with van der Waals surface area (Å²) in [5.41, 5.74) is -2.48. The average Bonchev–Trinajstić information content (AvgIpc) is 2.27. The number of nitrogens with zero attached hydrogens (tertiary/aromatic N) is 2. The van der Waals surface area contributed by atoms with Gasteiger partial charge >= 0.3 is 5.97 Å². The first kappa shape index (κ1) is 13.0. The summed E-state index contributed by atoms with van der Waals surface area (Å²) < 4.78 is 42.8. The van der Waals surface area contributed by atoms with Crippen LogP contribution in [0.3, 0.4) is 0 Å². The highest BCUT2D eigenvalue weighted by Crippen LogP contribution is 2.25. The van der Waals surface area contributed by atoms with Gasteiger partial charge in [0.2, 0.25) is 0 Å². The molecule has 0 N–H and O–H groups in total. The van der Waals surface area contributed by atoms with Gasteiger partial charge in [-0.2, -0.15) is 5.26 Å². The first-order valence-corrected chi connectivity index (χ1v) is 4.57. The number of pyridine rings is 1. The van der Waals surface area contributed by atoms with Crippen LogP contribution < -0.4 is 0 Å². The van der Waals surface area contributed by atoms with Gasteiger partial charge in [-0.05, 0) is 6.92 Å². The number of aromatic nitrogens is 1. The smallest absolute Gasteiger partial charge is 0.357 e. The van der Waals surface area contributed by atoms with Crippen LogP contribution in [0.1, 0.15) is 35.1 Å². The largest absolute Gasteiger partial charge is 0.461 e. The molecule has 1 aromatic rings. The number of carbonyl (C=O) groups is 1. The molecule has 0 saturated carbocycles. The molecule has 0 unspecified atom stereocenters. The Morgan fingerprint density at radius 3 is 2.76 bits per heavy atom. The quantitative estimate of drug-likeness (QED) is 0.764. The Kier molecular flexibility index (Phi) is 4.04. The van der Waals surface area contributed by atoms with Gasteiger partial charge in [-0.1, -0.05) is 0 Å². The third-order valence-corrected chi connectivity index (χ3v) is 1.81. The highest BCUT2D eigenvalue weighted by Gasteiger charge is 2.26. The fourth-order valence-electron chi connectivity index (χ4n) is 1.14. The van der Waals surface area contributed by atoms with Crippen molar-refractivity contribution in [3.63, 3.8) is 0 Å². The first-order valence-electron chi connectivity index (χ1n) is 4.57. The van der Waals surface area contributed by atoms with Gasteiger partial charge in [0.15, 0.2) is 5.69 Å². The second kappa shape index (κ2) is 5.30. The van der Waals surface area contributed by atoms with Crippen molar-refractivity contribution in [3.8, 4) is 6.07 Å². The molecule has 0 atom stereocenters. The maximum atomic E-state index is 13.3. The van der Waals surface area contributed by atoms with E-state index in [1.54, 1.807) is 0 Å². The minimum atomic E-state index is -3.21. The average molecular weight is 244 g/mol. The van der Waals surface area contributed by atoms with E-state index in [-0.39, 0.29) is 6.61 Å². The zero-order chi connectivity index (χ0) is 13.0. The zero-order valence-electron chi connectivity index (χ0n) is 8.71. The summed E-state index contributed by atoms with van der Waals surface area (Å²) in [6.07, 6.45) is -3.21. The molecule has 0 aliphatic carbocycles. The Bertz CT molecular complexity index is 483. The molecule has 0 saturated heterocycles. The lowest BCUT2D eigenvalue weighted by molar-refractivity contribution is 0.0505. The van der Waals surface area contributed by atoms with Crippen molar-refractivity contribution in [2.24, 2.45) is 0 Å². The number of ether oxygens (including phenoxy) is 1. The van der Waals surface area contributed by atoms with Crippen LogP contribution in [0.2, 0.25) is 0 Å². The molecule has 17 heavy (non-hydrogen) atoms. The molecular weight excluding hydrogens is 237 g/mol. The highest BCUT2D eigenvalue weighted by molar-refractivity contribution is 5.89. The van der Waals surface area contributed by atoms with E-state index in [4.69, 9.17) is 5.26 Å². The third-order valence-electron chi connectivity index (χ3n) is 1.81. The number of rotatable bonds is 3. The Morgan fingerprint density at radius 1 is 1.65 bits per heavy atom. The van der Waals surface area contributed by atoms with Gasteiger partial charge in [0.1, 0.15) is 17.6 Å². The van der Waals surface area contributed by atoms with E-state index in [0.29, 0.717) is 6.07 Å². The van der Waals surface area contributed by atoms with E-state index in [1.165, 1.54) is 13.0 Å². The van der Waals surface area contributed by atoms with Crippen molar-refractivity contribution in [3.05, 3.63) is 28.8 Å². The predicted molar refractivity (Wildman–Crippen MR) is 49.8 cm³/mol. The Hall–Kier alpha value is -2.10. The monoisotopic (exact) mass is 244 g/mol. The van der Waals surface area contributed by atoms with Crippen molar-refractivity contribution >= 4 is 5.97 Å². The van der Waals surface area contributed by atoms with Crippen molar-refractivity contribution in [1.29, 1.82) is 5.26 Å². The molecular formula is C10H7F3N2O2. The van der Waals surface area contributed by atoms with Crippen molar-refractivity contribution in [1.82, 2.24) is 4.98 Å². The Labute approximate surface area is 94.6 Å². The number of nitriles is 1. The molecule has 0 aliphatic heterocycles. The van der Waals surface area contributed by atoms with Crippen LogP contribution in [0, 0.1) is 17.1 Å². The lowest BCUT2D eigenvalue weighted by Gasteiger charge is -2.08. The lowest BCUT2D eigenvalue weighted by Crippen LogP contribution is -2.13. The van der Waals surface area contributed by atoms with Gasteiger partial charge in [-0.3, -0.25) is 0 Å². The zero-order valence-corrected chi connectivity index (χ0v) is 8.71. The second-order valence-corrected chi connectivity index (χ2v) is 2.88. The van der Waals surface area contributed by atoms with Crippen LogP contribution in [-0.4, -0.2) is 17.6 Å². The van der Waals surface area contributed by atoms with E-state index >= 15 is 0 Å². The van der Waals surface area contributed by atoms with E-state index < -0.39 is 35.2 Å².